The van der Waals surface area contributed by atoms with Crippen LogP contribution in [0.5, 0.6) is 0 Å². The van der Waals surface area contributed by atoms with Crippen molar-refractivity contribution < 1.29 is 0 Å². The highest BCUT2D eigenvalue weighted by Crippen LogP contribution is 2.39. The van der Waals surface area contributed by atoms with Gasteiger partial charge in [-0.3, -0.25) is 0 Å². The van der Waals surface area contributed by atoms with E-state index in [1.807, 2.05) is 0 Å². The van der Waals surface area contributed by atoms with Crippen molar-refractivity contribution >= 4 is 0 Å². The van der Waals surface area contributed by atoms with Gasteiger partial charge in [0.15, 0.2) is 0 Å². The molecule has 1 aliphatic heterocycles. The maximum Gasteiger partial charge on any atom is 0.00930 e. The maximum absolute atomic E-state index is 6.48. The summed E-state index contributed by atoms with van der Waals surface area (Å²) < 4.78 is 0. The van der Waals surface area contributed by atoms with E-state index in [2.05, 4.69) is 67.3 Å². The maximum atomic E-state index is 6.48. The average molecular weight is 495 g/mol. The standard InChI is InChI=1S/C18H37N.C7H15N.C4H8.C4H10/c1-5-6-7-8-9-10-16-13-15(4)11-12-17(16)18(19)14(2)3;1-7-4-3-5-8(2)6-7;1-2-4-3-1;1-4(2)3/h14-18H,5-13,19H2,1-4H3;7H,3-6H2,1-2H3;1-4H2;4H,1-3H3. The predicted molar refractivity (Wildman–Crippen MR) is 161 cm³/mol. The molecule has 0 radical (unpaired) electrons. The van der Waals surface area contributed by atoms with E-state index in [9.17, 15) is 0 Å². The van der Waals surface area contributed by atoms with Crippen LogP contribution in [0.25, 0.3) is 0 Å². The number of nitrogens with two attached hydrogens (primary N) is 1. The summed E-state index contributed by atoms with van der Waals surface area (Å²) in [6.07, 6.45) is 21.5. The van der Waals surface area contributed by atoms with Crippen LogP contribution in [0.15, 0.2) is 0 Å². The molecule has 0 aromatic heterocycles. The van der Waals surface area contributed by atoms with E-state index in [1.165, 1.54) is 109 Å². The first-order valence-electron chi connectivity index (χ1n) is 16.0. The Balaban J connectivity index is 0.000000581. The molecule has 0 spiro atoms. The minimum absolute atomic E-state index is 0.424. The number of rotatable bonds is 8. The lowest BCUT2D eigenvalue weighted by Crippen LogP contribution is -2.41. The van der Waals surface area contributed by atoms with Crippen LogP contribution in [0.1, 0.15) is 152 Å². The smallest absolute Gasteiger partial charge is 0.00930 e. The molecule has 35 heavy (non-hydrogen) atoms. The number of hydrogen-bond acceptors (Lipinski definition) is 2. The molecule has 0 aromatic rings. The summed E-state index contributed by atoms with van der Waals surface area (Å²) in [5, 5.41) is 0. The van der Waals surface area contributed by atoms with Crippen LogP contribution in [-0.2, 0) is 0 Å². The monoisotopic (exact) mass is 495 g/mol. The van der Waals surface area contributed by atoms with Crippen molar-refractivity contribution in [2.45, 2.75) is 158 Å². The largest absolute Gasteiger partial charge is 0.327 e. The fourth-order valence-corrected chi connectivity index (χ4v) is 5.54. The van der Waals surface area contributed by atoms with Crippen molar-refractivity contribution in [2.75, 3.05) is 20.1 Å². The number of likely N-dealkylation sites (tertiary alicyclic amines) is 1. The molecule has 3 aliphatic rings. The molecule has 0 aromatic carbocycles. The van der Waals surface area contributed by atoms with Gasteiger partial charge in [-0.2, -0.15) is 0 Å². The second-order valence-corrected chi connectivity index (χ2v) is 13.5. The molecule has 2 N–H and O–H groups in total. The van der Waals surface area contributed by atoms with Crippen molar-refractivity contribution in [2.24, 2.45) is 41.2 Å². The lowest BCUT2D eigenvalue weighted by molar-refractivity contribution is 0.132. The van der Waals surface area contributed by atoms with Gasteiger partial charge in [-0.05, 0) is 74.8 Å². The van der Waals surface area contributed by atoms with Gasteiger partial charge in [-0.1, -0.05) is 126 Å². The second kappa shape index (κ2) is 22.0. The fraction of sp³-hybridized carbons (Fsp3) is 1.00. The van der Waals surface area contributed by atoms with Gasteiger partial charge in [0.2, 0.25) is 0 Å². The van der Waals surface area contributed by atoms with Crippen molar-refractivity contribution in [3.05, 3.63) is 0 Å². The molecular formula is C33H70N2. The zero-order chi connectivity index (χ0) is 26.6. The average Bonchev–Trinajstić information content (AvgIpc) is 2.72. The van der Waals surface area contributed by atoms with Crippen LogP contribution < -0.4 is 5.73 Å². The van der Waals surface area contributed by atoms with Crippen LogP contribution in [0, 0.1) is 35.5 Å². The van der Waals surface area contributed by atoms with Crippen molar-refractivity contribution in [1.29, 1.82) is 0 Å². The normalized spacial score (nSPS) is 27.4. The first-order chi connectivity index (χ1) is 16.6. The van der Waals surface area contributed by atoms with Crippen LogP contribution in [0.3, 0.4) is 0 Å². The minimum Gasteiger partial charge on any atom is -0.327 e. The molecule has 2 saturated carbocycles. The molecule has 1 heterocycles. The highest BCUT2D eigenvalue weighted by molar-refractivity contribution is 4.86. The Labute approximate surface area is 224 Å². The molecule has 0 amide bonds. The van der Waals surface area contributed by atoms with Gasteiger partial charge in [0.05, 0.1) is 0 Å². The van der Waals surface area contributed by atoms with E-state index in [4.69, 9.17) is 5.73 Å². The summed E-state index contributed by atoms with van der Waals surface area (Å²) in [7, 11) is 2.20. The van der Waals surface area contributed by atoms with Gasteiger partial charge in [-0.15, -0.1) is 0 Å². The quantitative estimate of drug-likeness (QED) is 0.340. The molecular weight excluding hydrogens is 424 g/mol. The summed E-state index contributed by atoms with van der Waals surface area (Å²) in [5.74, 6) is 5.04. The number of piperidine rings is 1. The van der Waals surface area contributed by atoms with Crippen molar-refractivity contribution in [3.8, 4) is 0 Å². The Bertz CT molecular complexity index is 428. The topological polar surface area (TPSA) is 29.3 Å². The molecule has 0 bridgehead atoms. The van der Waals surface area contributed by atoms with E-state index >= 15 is 0 Å². The van der Waals surface area contributed by atoms with Gasteiger partial charge >= 0.3 is 0 Å². The lowest BCUT2D eigenvalue weighted by atomic mass is 9.68. The first-order valence-corrected chi connectivity index (χ1v) is 16.0. The van der Waals surface area contributed by atoms with Crippen LogP contribution in [0.4, 0.5) is 0 Å². The summed E-state index contributed by atoms with van der Waals surface area (Å²) in [5.41, 5.74) is 6.48. The molecule has 212 valence electrons. The fourth-order valence-electron chi connectivity index (χ4n) is 5.54. The predicted octanol–water partition coefficient (Wildman–Crippen LogP) is 9.95. The lowest BCUT2D eigenvalue weighted by Gasteiger charge is -2.40. The third-order valence-corrected chi connectivity index (χ3v) is 8.11. The zero-order valence-corrected chi connectivity index (χ0v) is 26.1. The van der Waals surface area contributed by atoms with Gasteiger partial charge in [0.25, 0.3) is 0 Å². The van der Waals surface area contributed by atoms with Crippen LogP contribution >= 0.6 is 0 Å². The Morgan fingerprint density at radius 1 is 0.771 bits per heavy atom. The van der Waals surface area contributed by atoms with Gasteiger partial charge in [0, 0.05) is 12.6 Å². The van der Waals surface area contributed by atoms with Gasteiger partial charge in [0.1, 0.15) is 0 Å². The summed E-state index contributed by atoms with van der Waals surface area (Å²) in [6.45, 7) is 20.8. The van der Waals surface area contributed by atoms with Crippen LogP contribution in [0.2, 0.25) is 0 Å². The number of nitrogens with zero attached hydrogens (tertiary/aromatic N) is 1. The van der Waals surface area contributed by atoms with E-state index in [-0.39, 0.29) is 0 Å². The molecule has 2 aliphatic carbocycles. The van der Waals surface area contributed by atoms with Gasteiger partial charge in [-0.25, -0.2) is 0 Å². The Kier molecular flexibility index (Phi) is 21.9. The van der Waals surface area contributed by atoms with Gasteiger partial charge < -0.3 is 10.6 Å². The third-order valence-electron chi connectivity index (χ3n) is 8.11. The van der Waals surface area contributed by atoms with E-state index in [0.29, 0.717) is 12.0 Å². The van der Waals surface area contributed by atoms with Crippen LogP contribution in [-0.4, -0.2) is 31.1 Å². The first kappa shape index (κ1) is 34.9. The number of unbranched alkanes of at least 4 members (excludes halogenated alkanes) is 4. The van der Waals surface area contributed by atoms with E-state index in [0.717, 1.165) is 29.6 Å². The third kappa shape index (κ3) is 19.7. The molecule has 3 rings (SSSR count). The summed E-state index contributed by atoms with van der Waals surface area (Å²) in [4.78, 5) is 2.41. The Morgan fingerprint density at radius 3 is 1.77 bits per heavy atom. The molecule has 1 saturated heterocycles. The molecule has 2 heteroatoms. The number of hydrogen-bond donors (Lipinski definition) is 1. The molecule has 3 fully saturated rings. The summed E-state index contributed by atoms with van der Waals surface area (Å²) >= 11 is 0. The highest BCUT2D eigenvalue weighted by atomic mass is 15.1. The molecule has 2 nitrogen and oxygen atoms in total. The molecule has 5 atom stereocenters. The Morgan fingerprint density at radius 2 is 1.34 bits per heavy atom. The van der Waals surface area contributed by atoms with Crippen molar-refractivity contribution in [3.63, 3.8) is 0 Å². The summed E-state index contributed by atoms with van der Waals surface area (Å²) in [6, 6.07) is 0.424. The highest BCUT2D eigenvalue weighted by Gasteiger charge is 2.33. The molecule has 5 unspecified atom stereocenters. The van der Waals surface area contributed by atoms with E-state index < -0.39 is 0 Å². The van der Waals surface area contributed by atoms with Crippen molar-refractivity contribution in [1.82, 2.24) is 4.90 Å². The zero-order valence-electron chi connectivity index (χ0n) is 26.1. The van der Waals surface area contributed by atoms with E-state index in [1.54, 1.807) is 0 Å². The minimum atomic E-state index is 0.424. The SMILES string of the molecule is C1CCC1.CC(C)C.CC1CCCN(C)C1.CCCCCCCC1CC(C)CCC1C(N)C(C)C. The second-order valence-electron chi connectivity index (χ2n) is 13.5. The Hall–Kier alpha value is -0.0800.